The molecule has 0 aliphatic rings. The molecule has 0 aliphatic carbocycles. The van der Waals surface area contributed by atoms with Crippen LogP contribution in [0.1, 0.15) is 0 Å². The van der Waals surface area contributed by atoms with Gasteiger partial charge >= 0.3 is 5.97 Å². The van der Waals surface area contributed by atoms with E-state index in [9.17, 15) is 13.6 Å². The number of carbonyl (C=O) groups is 1. The Labute approximate surface area is 59.8 Å². The highest BCUT2D eigenvalue weighted by molar-refractivity contribution is 7.74. The van der Waals surface area contributed by atoms with Crippen molar-refractivity contribution in [3.8, 4) is 0 Å². The number of aliphatic carboxylic acids is 1. The van der Waals surface area contributed by atoms with Gasteiger partial charge in [0.15, 0.2) is 0 Å². The highest BCUT2D eigenvalue weighted by atomic mass is 32.2. The molecule has 6 nitrogen and oxygen atoms in total. The molecule has 0 fully saturated rings. The Morgan fingerprint density at radius 2 is 2.40 bits per heavy atom. The molecule has 10 heavy (non-hydrogen) atoms. The lowest BCUT2D eigenvalue weighted by Gasteiger charge is -2.13. The van der Waals surface area contributed by atoms with E-state index in [2.05, 4.69) is 4.28 Å². The zero-order valence-corrected chi connectivity index (χ0v) is 5.96. The zero-order valence-electron chi connectivity index (χ0n) is 5.14. The molecule has 0 aliphatic heterocycles. The van der Waals surface area contributed by atoms with Gasteiger partial charge in [0, 0.05) is 7.05 Å². The van der Waals surface area contributed by atoms with Crippen LogP contribution < -0.4 is 0 Å². The maximum absolute atomic E-state index is 9.87. The molecule has 0 heterocycles. The number of rotatable bonds is 4. The van der Waals surface area contributed by atoms with E-state index in [0.29, 0.717) is 5.06 Å². The van der Waals surface area contributed by atoms with Crippen LogP contribution in [0.2, 0.25) is 0 Å². The van der Waals surface area contributed by atoms with Crippen molar-refractivity contribution in [1.82, 2.24) is 5.06 Å². The maximum atomic E-state index is 9.87. The van der Waals surface area contributed by atoms with Gasteiger partial charge in [0.05, 0.1) is 0 Å². The van der Waals surface area contributed by atoms with E-state index in [1.165, 1.54) is 7.05 Å². The second-order valence-corrected chi connectivity index (χ2v) is 2.02. The summed E-state index contributed by atoms with van der Waals surface area (Å²) in [6, 6.07) is 0. The summed E-state index contributed by atoms with van der Waals surface area (Å²) in [4.78, 5) is 9.87. The molecular weight excluding hydrogens is 162 g/mol. The number of carboxylic acid groups (broad SMARTS) is 1. The number of nitrogens with zero attached hydrogens (tertiary/aromatic N) is 1. The van der Waals surface area contributed by atoms with Gasteiger partial charge in [0.2, 0.25) is 0 Å². The van der Waals surface area contributed by atoms with Crippen LogP contribution >= 0.6 is 0 Å². The molecule has 0 bridgehead atoms. The van der Waals surface area contributed by atoms with Gasteiger partial charge in [0.25, 0.3) is 0 Å². The van der Waals surface area contributed by atoms with Gasteiger partial charge in [-0.1, -0.05) is 0 Å². The van der Waals surface area contributed by atoms with Crippen LogP contribution in [0.15, 0.2) is 0 Å². The van der Waals surface area contributed by atoms with Crippen molar-refractivity contribution in [2.75, 3.05) is 13.6 Å². The Hall–Kier alpha value is -0.500. The van der Waals surface area contributed by atoms with Crippen molar-refractivity contribution in [1.29, 1.82) is 0 Å². The lowest BCUT2D eigenvalue weighted by molar-refractivity contribution is -0.145. The third-order valence-electron chi connectivity index (χ3n) is 0.546. The fourth-order valence-electron chi connectivity index (χ4n) is 0.321. The number of likely N-dealkylation sites (N-methyl/N-ethyl adjacent to an activating group) is 1. The van der Waals surface area contributed by atoms with E-state index >= 15 is 0 Å². The average molecular weight is 168 g/mol. The summed E-state index contributed by atoms with van der Waals surface area (Å²) in [5.74, 6) is -1.16. The summed E-state index contributed by atoms with van der Waals surface area (Å²) < 4.78 is 23.4. The highest BCUT2D eigenvalue weighted by Gasteiger charge is 2.03. The smallest absolute Gasteiger partial charge is 0.320 e. The zero-order chi connectivity index (χ0) is 8.15. The van der Waals surface area contributed by atoms with Crippen molar-refractivity contribution in [3.63, 3.8) is 0 Å². The first-order chi connectivity index (χ1) is 4.52. The average Bonchev–Trinajstić information content (AvgIpc) is 1.58. The first-order valence-corrected chi connectivity index (χ1v) is 3.23. The molecule has 60 valence electrons. The van der Waals surface area contributed by atoms with Crippen LogP contribution in [0, 0.1) is 0 Å². The quantitative estimate of drug-likeness (QED) is 0.415. The van der Waals surface area contributed by atoms with Gasteiger partial charge < -0.3 is 9.66 Å². The van der Waals surface area contributed by atoms with Gasteiger partial charge in [-0.3, -0.25) is 4.79 Å². The summed E-state index contributed by atoms with van der Waals surface area (Å²) in [5.41, 5.74) is 0. The third-order valence-corrected chi connectivity index (χ3v) is 0.922. The maximum Gasteiger partial charge on any atom is 0.320 e. The minimum Gasteiger partial charge on any atom is -0.748 e. The van der Waals surface area contributed by atoms with Gasteiger partial charge in [-0.05, 0) is 0 Å². The molecule has 0 radical (unpaired) electrons. The molecule has 0 saturated heterocycles. The molecule has 0 spiro atoms. The predicted octanol–water partition coefficient (Wildman–Crippen LogP) is -1.27. The Balaban J connectivity index is 3.53. The van der Waals surface area contributed by atoms with Crippen LogP contribution in [0.25, 0.3) is 0 Å². The van der Waals surface area contributed by atoms with Gasteiger partial charge in [-0.25, -0.2) is 8.49 Å². The largest absolute Gasteiger partial charge is 0.748 e. The molecule has 0 aromatic rings. The van der Waals surface area contributed by atoms with Gasteiger partial charge in [0.1, 0.15) is 17.9 Å². The monoisotopic (exact) mass is 168 g/mol. The van der Waals surface area contributed by atoms with Crippen molar-refractivity contribution in [3.05, 3.63) is 0 Å². The van der Waals surface area contributed by atoms with Crippen molar-refractivity contribution in [2.24, 2.45) is 0 Å². The molecule has 0 aromatic heterocycles. The van der Waals surface area contributed by atoms with Crippen LogP contribution in [-0.4, -0.2) is 38.5 Å². The van der Waals surface area contributed by atoms with E-state index < -0.39 is 23.9 Å². The number of hydrogen-bond acceptors (Lipinski definition) is 5. The molecule has 0 saturated carbocycles. The fourth-order valence-corrected chi connectivity index (χ4v) is 0.581. The SMILES string of the molecule is CN(CC(=O)O)OS(=O)[O-]. The van der Waals surface area contributed by atoms with Crippen molar-refractivity contribution < 1.29 is 22.9 Å². The summed E-state index contributed by atoms with van der Waals surface area (Å²) in [5, 5.41) is 8.76. The Kier molecular flexibility index (Phi) is 4.12. The van der Waals surface area contributed by atoms with E-state index in [1.807, 2.05) is 0 Å². The predicted molar refractivity (Wildman–Crippen MR) is 30.3 cm³/mol. The van der Waals surface area contributed by atoms with Gasteiger partial charge in [-0.15, -0.1) is 0 Å². The summed E-state index contributed by atoms with van der Waals surface area (Å²) in [7, 11) is 1.20. The molecule has 0 rings (SSSR count). The summed E-state index contributed by atoms with van der Waals surface area (Å²) in [6.45, 7) is -0.478. The first-order valence-electron chi connectivity index (χ1n) is 2.23. The van der Waals surface area contributed by atoms with Crippen molar-refractivity contribution in [2.45, 2.75) is 0 Å². The van der Waals surface area contributed by atoms with Gasteiger partial charge in [-0.2, -0.15) is 5.06 Å². The molecular formula is C3H6NO5S-. The number of hydrogen-bond donors (Lipinski definition) is 1. The topological polar surface area (TPSA) is 89.9 Å². The second-order valence-electron chi connectivity index (χ2n) is 1.46. The minimum absolute atomic E-state index is 0.478. The number of carboxylic acids is 1. The van der Waals surface area contributed by atoms with E-state index in [1.54, 1.807) is 0 Å². The minimum atomic E-state index is -2.70. The van der Waals surface area contributed by atoms with Crippen LogP contribution in [0.3, 0.4) is 0 Å². The standard InChI is InChI=1S/C3H7NO5S/c1-4(2-3(5)6)9-10(7)8/h2H2,1H3,(H,5,6)(H,7,8)/p-1. The molecule has 1 unspecified atom stereocenters. The molecule has 0 amide bonds. The molecule has 1 atom stereocenters. The van der Waals surface area contributed by atoms with Crippen LogP contribution in [0.5, 0.6) is 0 Å². The Morgan fingerprint density at radius 1 is 1.90 bits per heavy atom. The third kappa shape index (κ3) is 5.63. The van der Waals surface area contributed by atoms with E-state index in [0.717, 1.165) is 0 Å². The molecule has 7 heteroatoms. The second kappa shape index (κ2) is 4.34. The van der Waals surface area contributed by atoms with E-state index in [-0.39, 0.29) is 0 Å². The Bertz CT molecular complexity index is 132. The first kappa shape index (κ1) is 9.50. The van der Waals surface area contributed by atoms with E-state index in [4.69, 9.17) is 5.11 Å². The lowest BCUT2D eigenvalue weighted by Crippen LogP contribution is -2.26. The lowest BCUT2D eigenvalue weighted by atomic mass is 10.7. The van der Waals surface area contributed by atoms with Crippen LogP contribution in [0.4, 0.5) is 0 Å². The normalized spacial score (nSPS) is 13.5. The molecule has 1 N–H and O–H groups in total. The Morgan fingerprint density at radius 3 is 2.70 bits per heavy atom. The molecule has 0 aromatic carbocycles. The summed E-state index contributed by atoms with van der Waals surface area (Å²) >= 11 is -2.70. The fraction of sp³-hybridized carbons (Fsp3) is 0.667. The van der Waals surface area contributed by atoms with Crippen LogP contribution in [-0.2, 0) is 20.4 Å². The summed E-state index contributed by atoms with van der Waals surface area (Å²) in [6.07, 6.45) is 0. The number of hydroxylamine groups is 2. The van der Waals surface area contributed by atoms with Crippen molar-refractivity contribution >= 4 is 17.3 Å². The highest BCUT2D eigenvalue weighted by Crippen LogP contribution is 1.86.